The summed E-state index contributed by atoms with van der Waals surface area (Å²) in [7, 11) is 2.02. The van der Waals surface area contributed by atoms with Gasteiger partial charge in [0.1, 0.15) is 5.75 Å². The van der Waals surface area contributed by atoms with Gasteiger partial charge in [0.25, 0.3) is 0 Å². The minimum atomic E-state index is 0.630. The van der Waals surface area contributed by atoms with Crippen molar-refractivity contribution in [1.82, 2.24) is 19.3 Å². The Balaban J connectivity index is 1.47. The third-order valence-electron chi connectivity index (χ3n) is 4.81. The molecule has 0 saturated heterocycles. The molecule has 6 heteroatoms. The minimum Gasteiger partial charge on any atom is -0.493 e. The molecule has 0 N–H and O–H groups in total. The number of thioether (sulfide) groups is 1. The average molecular weight is 393 g/mol. The lowest BCUT2D eigenvalue weighted by Crippen LogP contribution is -2.02. The van der Waals surface area contributed by atoms with Crippen molar-refractivity contribution in [3.8, 4) is 17.1 Å². The quantitative estimate of drug-likeness (QED) is 0.330. The molecule has 0 aliphatic carbocycles. The molecule has 0 aliphatic heterocycles. The average Bonchev–Trinajstić information content (AvgIpc) is 3.27. The number of hydrogen-bond acceptors (Lipinski definition) is 4. The summed E-state index contributed by atoms with van der Waals surface area (Å²) in [6.45, 7) is 5.78. The summed E-state index contributed by atoms with van der Waals surface area (Å²) < 4.78 is 10.1. The Hall–Kier alpha value is -2.73. The highest BCUT2D eigenvalue weighted by Gasteiger charge is 2.16. The van der Waals surface area contributed by atoms with Crippen LogP contribution in [-0.4, -0.2) is 31.7 Å². The van der Waals surface area contributed by atoms with Gasteiger partial charge in [-0.3, -0.25) is 0 Å². The van der Waals surface area contributed by atoms with Gasteiger partial charge in [-0.2, -0.15) is 0 Å². The summed E-state index contributed by atoms with van der Waals surface area (Å²) in [5, 5.41) is 11.0. The van der Waals surface area contributed by atoms with Crippen molar-refractivity contribution in [3.05, 3.63) is 60.3 Å². The molecule has 0 unspecified atom stereocenters. The Morgan fingerprint density at radius 3 is 2.61 bits per heavy atom. The van der Waals surface area contributed by atoms with Gasteiger partial charge in [-0.25, -0.2) is 0 Å². The van der Waals surface area contributed by atoms with Gasteiger partial charge in [0.05, 0.1) is 6.61 Å². The van der Waals surface area contributed by atoms with Crippen molar-refractivity contribution in [2.24, 2.45) is 7.05 Å². The van der Waals surface area contributed by atoms with E-state index in [1.54, 1.807) is 11.8 Å². The number of fused-ring (bicyclic) bond motifs is 1. The molecule has 0 spiro atoms. The molecule has 0 fully saturated rings. The molecule has 2 aromatic heterocycles. The lowest BCUT2D eigenvalue weighted by atomic mass is 10.1. The largest absolute Gasteiger partial charge is 0.493 e. The van der Waals surface area contributed by atoms with E-state index in [0.717, 1.165) is 34.6 Å². The molecule has 4 rings (SSSR count). The summed E-state index contributed by atoms with van der Waals surface area (Å²) in [4.78, 5) is 0. The van der Waals surface area contributed by atoms with Gasteiger partial charge in [0.2, 0.25) is 0 Å². The number of rotatable bonds is 7. The SMILES string of the molecule is CCn1cc(-c2nnc(SCCOc3ccc(C)cc3)n2C)c2ccccc21. The Morgan fingerprint density at radius 2 is 1.82 bits per heavy atom. The van der Waals surface area contributed by atoms with Crippen molar-refractivity contribution in [1.29, 1.82) is 0 Å². The van der Waals surface area contributed by atoms with Crippen LogP contribution >= 0.6 is 11.8 Å². The smallest absolute Gasteiger partial charge is 0.191 e. The fourth-order valence-electron chi connectivity index (χ4n) is 3.29. The molecule has 0 saturated carbocycles. The first-order chi connectivity index (χ1) is 13.7. The molecule has 0 amide bonds. The van der Waals surface area contributed by atoms with E-state index in [1.807, 2.05) is 19.2 Å². The lowest BCUT2D eigenvalue weighted by molar-refractivity contribution is 0.344. The van der Waals surface area contributed by atoms with E-state index < -0.39 is 0 Å². The summed E-state index contributed by atoms with van der Waals surface area (Å²) >= 11 is 1.66. The zero-order chi connectivity index (χ0) is 19.5. The van der Waals surface area contributed by atoms with Crippen molar-refractivity contribution in [2.45, 2.75) is 25.5 Å². The maximum absolute atomic E-state index is 5.81. The number of benzene rings is 2. The second kappa shape index (κ2) is 8.10. The van der Waals surface area contributed by atoms with Gasteiger partial charge in [-0.15, -0.1) is 10.2 Å². The highest BCUT2D eigenvalue weighted by molar-refractivity contribution is 7.99. The molecule has 144 valence electrons. The molecule has 0 radical (unpaired) electrons. The predicted octanol–water partition coefficient (Wildman–Crippen LogP) is 4.94. The Bertz CT molecular complexity index is 1080. The fraction of sp³-hybridized carbons (Fsp3) is 0.273. The summed E-state index contributed by atoms with van der Waals surface area (Å²) in [5.41, 5.74) is 3.58. The molecule has 2 aromatic carbocycles. The summed E-state index contributed by atoms with van der Waals surface area (Å²) in [6.07, 6.45) is 2.17. The first kappa shape index (κ1) is 18.6. The van der Waals surface area contributed by atoms with Crippen LogP contribution in [0.5, 0.6) is 5.75 Å². The van der Waals surface area contributed by atoms with Crippen molar-refractivity contribution in [3.63, 3.8) is 0 Å². The number of para-hydroxylation sites is 1. The minimum absolute atomic E-state index is 0.630. The molecule has 4 aromatic rings. The first-order valence-electron chi connectivity index (χ1n) is 9.47. The summed E-state index contributed by atoms with van der Waals surface area (Å²) in [5.74, 6) is 2.61. The highest BCUT2D eigenvalue weighted by Crippen LogP contribution is 2.31. The van der Waals surface area contributed by atoms with Crippen LogP contribution in [0.4, 0.5) is 0 Å². The Kier molecular flexibility index (Phi) is 5.39. The number of ether oxygens (including phenoxy) is 1. The maximum atomic E-state index is 5.81. The van der Waals surface area contributed by atoms with Gasteiger partial charge in [0, 0.05) is 42.0 Å². The van der Waals surface area contributed by atoms with E-state index in [2.05, 4.69) is 75.8 Å². The van der Waals surface area contributed by atoms with Gasteiger partial charge in [-0.1, -0.05) is 47.7 Å². The number of hydrogen-bond donors (Lipinski definition) is 0. The number of aromatic nitrogens is 4. The van der Waals surface area contributed by atoms with Gasteiger partial charge >= 0.3 is 0 Å². The Labute approximate surface area is 169 Å². The van der Waals surface area contributed by atoms with Gasteiger partial charge in [0.15, 0.2) is 11.0 Å². The highest BCUT2D eigenvalue weighted by atomic mass is 32.2. The van der Waals surface area contributed by atoms with E-state index in [1.165, 1.54) is 16.5 Å². The monoisotopic (exact) mass is 392 g/mol. The van der Waals surface area contributed by atoms with E-state index in [9.17, 15) is 0 Å². The van der Waals surface area contributed by atoms with Crippen LogP contribution in [0, 0.1) is 6.92 Å². The van der Waals surface area contributed by atoms with Crippen LogP contribution in [0.25, 0.3) is 22.3 Å². The third kappa shape index (κ3) is 3.64. The molecule has 0 aliphatic rings. The normalized spacial score (nSPS) is 11.2. The van der Waals surface area contributed by atoms with Gasteiger partial charge in [-0.05, 0) is 32.0 Å². The van der Waals surface area contributed by atoms with E-state index in [-0.39, 0.29) is 0 Å². The van der Waals surface area contributed by atoms with Crippen LogP contribution in [0.2, 0.25) is 0 Å². The maximum Gasteiger partial charge on any atom is 0.191 e. The molecular weight excluding hydrogens is 368 g/mol. The van der Waals surface area contributed by atoms with Crippen LogP contribution in [0.15, 0.2) is 59.9 Å². The van der Waals surface area contributed by atoms with Crippen LogP contribution < -0.4 is 4.74 Å². The van der Waals surface area contributed by atoms with Crippen molar-refractivity contribution < 1.29 is 4.74 Å². The zero-order valence-electron chi connectivity index (χ0n) is 16.4. The van der Waals surface area contributed by atoms with Crippen molar-refractivity contribution in [2.75, 3.05) is 12.4 Å². The molecule has 28 heavy (non-hydrogen) atoms. The molecule has 5 nitrogen and oxygen atoms in total. The van der Waals surface area contributed by atoms with Crippen molar-refractivity contribution >= 4 is 22.7 Å². The third-order valence-corrected chi connectivity index (χ3v) is 5.79. The van der Waals surface area contributed by atoms with E-state index in [0.29, 0.717) is 6.61 Å². The molecule has 0 atom stereocenters. The lowest BCUT2D eigenvalue weighted by Gasteiger charge is -2.06. The molecule has 2 heterocycles. The van der Waals surface area contributed by atoms with E-state index >= 15 is 0 Å². The number of aryl methyl sites for hydroxylation is 2. The van der Waals surface area contributed by atoms with Crippen LogP contribution in [0.1, 0.15) is 12.5 Å². The van der Waals surface area contributed by atoms with Crippen LogP contribution in [0.3, 0.4) is 0 Å². The fourth-order valence-corrected chi connectivity index (χ4v) is 4.02. The van der Waals surface area contributed by atoms with E-state index in [4.69, 9.17) is 4.74 Å². The summed E-state index contributed by atoms with van der Waals surface area (Å²) in [6, 6.07) is 16.6. The second-order valence-corrected chi connectivity index (χ2v) is 7.78. The Morgan fingerprint density at radius 1 is 1.04 bits per heavy atom. The second-order valence-electron chi connectivity index (χ2n) is 6.72. The predicted molar refractivity (Wildman–Crippen MR) is 115 cm³/mol. The zero-order valence-corrected chi connectivity index (χ0v) is 17.2. The topological polar surface area (TPSA) is 44.9 Å². The first-order valence-corrected chi connectivity index (χ1v) is 10.5. The molecular formula is C22H24N4OS. The van der Waals surface area contributed by atoms with Crippen LogP contribution in [-0.2, 0) is 13.6 Å². The number of nitrogens with zero attached hydrogens (tertiary/aromatic N) is 4. The van der Waals surface area contributed by atoms with Gasteiger partial charge < -0.3 is 13.9 Å². The standard InChI is InChI=1S/C22H24N4OS/c1-4-26-15-19(18-7-5-6-8-20(18)26)21-23-24-22(25(21)3)28-14-13-27-17-11-9-16(2)10-12-17/h5-12,15H,4,13-14H2,1-3H3. The molecule has 0 bridgehead atoms.